The van der Waals surface area contributed by atoms with Crippen LogP contribution in [0.3, 0.4) is 0 Å². The van der Waals surface area contributed by atoms with Crippen LogP contribution in [0.25, 0.3) is 0 Å². The van der Waals surface area contributed by atoms with Crippen LogP contribution in [0.1, 0.15) is 33.1 Å². The van der Waals surface area contributed by atoms with Crippen molar-refractivity contribution < 1.29 is 4.79 Å². The lowest BCUT2D eigenvalue weighted by Crippen LogP contribution is -2.49. The van der Waals surface area contributed by atoms with Gasteiger partial charge in [-0.05, 0) is 32.3 Å². The highest BCUT2D eigenvalue weighted by atomic mass is 35.5. The summed E-state index contributed by atoms with van der Waals surface area (Å²) in [5, 5.41) is 0. The molecular weight excluding hydrogens is 212 g/mol. The van der Waals surface area contributed by atoms with Crippen molar-refractivity contribution in [2.45, 2.75) is 38.6 Å². The second kappa shape index (κ2) is 6.13. The fourth-order valence-corrected chi connectivity index (χ4v) is 1.56. The van der Waals surface area contributed by atoms with E-state index < -0.39 is 0 Å². The molecule has 0 atom stereocenters. The van der Waals surface area contributed by atoms with E-state index in [0.29, 0.717) is 0 Å². The number of carbonyl (C=O) groups is 1. The van der Waals surface area contributed by atoms with Gasteiger partial charge in [-0.25, -0.2) is 0 Å². The monoisotopic (exact) mass is 232 g/mol. The third-order valence-electron chi connectivity index (χ3n) is 2.71. The maximum absolute atomic E-state index is 11.6. The van der Waals surface area contributed by atoms with Crippen LogP contribution in [0.15, 0.2) is 12.2 Å². The predicted molar refractivity (Wildman–Crippen MR) is 65.1 cm³/mol. The van der Waals surface area contributed by atoms with Crippen molar-refractivity contribution >= 4 is 18.3 Å². The molecule has 1 heterocycles. The Morgan fingerprint density at radius 3 is 2.47 bits per heavy atom. The van der Waals surface area contributed by atoms with Crippen LogP contribution in [-0.4, -0.2) is 29.4 Å². The molecule has 1 rings (SSSR count). The number of allylic oxidation sites excluding steroid dienone is 1. The van der Waals surface area contributed by atoms with Gasteiger partial charge in [-0.1, -0.05) is 13.0 Å². The Balaban J connectivity index is 0.00000196. The summed E-state index contributed by atoms with van der Waals surface area (Å²) in [4.78, 5) is 13.4. The van der Waals surface area contributed by atoms with Crippen LogP contribution in [0.4, 0.5) is 0 Å². The molecule has 1 aliphatic heterocycles. The second-order valence-corrected chi connectivity index (χ2v) is 4.29. The van der Waals surface area contributed by atoms with E-state index in [1.807, 2.05) is 17.9 Å². The number of piperidine rings is 1. The minimum atomic E-state index is -0.0781. The first-order valence-electron chi connectivity index (χ1n) is 5.29. The number of likely N-dealkylation sites (tertiary alicyclic amines) is 1. The average molecular weight is 233 g/mol. The van der Waals surface area contributed by atoms with Gasteiger partial charge >= 0.3 is 0 Å². The van der Waals surface area contributed by atoms with E-state index in [-0.39, 0.29) is 23.9 Å². The first-order chi connectivity index (χ1) is 6.55. The molecule has 0 saturated carbocycles. The smallest absolute Gasteiger partial charge is 0.246 e. The highest BCUT2D eigenvalue weighted by Gasteiger charge is 2.27. The number of amides is 1. The Morgan fingerprint density at radius 2 is 2.00 bits per heavy atom. The van der Waals surface area contributed by atoms with Gasteiger partial charge in [0.15, 0.2) is 0 Å². The highest BCUT2D eigenvalue weighted by molar-refractivity contribution is 5.87. The minimum Gasteiger partial charge on any atom is -0.339 e. The summed E-state index contributed by atoms with van der Waals surface area (Å²) >= 11 is 0. The molecule has 0 aromatic carbocycles. The summed E-state index contributed by atoms with van der Waals surface area (Å²) in [5.74, 6) is 0.127. The first-order valence-corrected chi connectivity index (χ1v) is 5.29. The number of hydrogen-bond donors (Lipinski definition) is 1. The summed E-state index contributed by atoms with van der Waals surface area (Å²) in [6.45, 7) is 5.66. The first kappa shape index (κ1) is 14.5. The van der Waals surface area contributed by atoms with Gasteiger partial charge in [0.1, 0.15) is 0 Å². The van der Waals surface area contributed by atoms with Crippen molar-refractivity contribution in [3.63, 3.8) is 0 Å². The highest BCUT2D eigenvalue weighted by Crippen LogP contribution is 2.18. The third kappa shape index (κ3) is 4.67. The van der Waals surface area contributed by atoms with E-state index in [1.54, 1.807) is 6.08 Å². The van der Waals surface area contributed by atoms with Gasteiger partial charge in [-0.2, -0.15) is 0 Å². The number of nitrogens with two attached hydrogens (primary N) is 1. The minimum absolute atomic E-state index is 0. The summed E-state index contributed by atoms with van der Waals surface area (Å²) < 4.78 is 0. The van der Waals surface area contributed by atoms with Gasteiger partial charge < -0.3 is 10.6 Å². The average Bonchev–Trinajstić information content (AvgIpc) is 2.14. The molecule has 0 aliphatic carbocycles. The Bertz CT molecular complexity index is 229. The van der Waals surface area contributed by atoms with Crippen molar-refractivity contribution in [3.05, 3.63) is 12.2 Å². The Kier molecular flexibility index (Phi) is 5.91. The van der Waals surface area contributed by atoms with E-state index in [0.717, 1.165) is 32.4 Å². The Hall–Kier alpha value is -0.540. The van der Waals surface area contributed by atoms with Crippen molar-refractivity contribution in [2.24, 2.45) is 5.73 Å². The molecule has 1 fully saturated rings. The Labute approximate surface area is 98.1 Å². The molecule has 0 spiro atoms. The fraction of sp³-hybridized carbons (Fsp3) is 0.727. The van der Waals surface area contributed by atoms with Gasteiger partial charge in [0.2, 0.25) is 5.91 Å². The lowest BCUT2D eigenvalue weighted by molar-refractivity contribution is -0.127. The lowest BCUT2D eigenvalue weighted by atomic mass is 9.91. The number of halogens is 1. The van der Waals surface area contributed by atoms with Crippen LogP contribution >= 0.6 is 12.4 Å². The molecule has 4 heteroatoms. The molecule has 88 valence electrons. The number of hydrogen-bond acceptors (Lipinski definition) is 2. The van der Waals surface area contributed by atoms with Crippen LogP contribution in [0.5, 0.6) is 0 Å². The molecular formula is C11H21ClN2O. The van der Waals surface area contributed by atoms with E-state index in [1.165, 1.54) is 0 Å². The predicted octanol–water partition coefficient (Wildman–Crippen LogP) is 1.71. The maximum Gasteiger partial charge on any atom is 0.246 e. The summed E-state index contributed by atoms with van der Waals surface area (Å²) in [6.07, 6.45) is 6.28. The van der Waals surface area contributed by atoms with Crippen molar-refractivity contribution in [3.8, 4) is 0 Å². The Morgan fingerprint density at radius 1 is 1.47 bits per heavy atom. The standard InChI is InChI=1S/C11H20N2O.ClH/c1-3-4-5-10(14)13-8-6-11(2,12)7-9-13;/h4-5H,3,6-9,12H2,1-2H3;1H/b5-4+;. The van der Waals surface area contributed by atoms with E-state index in [4.69, 9.17) is 5.73 Å². The summed E-state index contributed by atoms with van der Waals surface area (Å²) in [5.41, 5.74) is 5.91. The largest absolute Gasteiger partial charge is 0.339 e. The molecule has 1 saturated heterocycles. The summed E-state index contributed by atoms with van der Waals surface area (Å²) in [6, 6.07) is 0. The normalized spacial score (nSPS) is 20.1. The molecule has 0 bridgehead atoms. The maximum atomic E-state index is 11.6. The second-order valence-electron chi connectivity index (χ2n) is 4.29. The number of carbonyl (C=O) groups excluding carboxylic acids is 1. The number of nitrogens with zero attached hydrogens (tertiary/aromatic N) is 1. The number of rotatable bonds is 2. The molecule has 15 heavy (non-hydrogen) atoms. The van der Waals surface area contributed by atoms with Crippen LogP contribution in [0.2, 0.25) is 0 Å². The van der Waals surface area contributed by atoms with Crippen molar-refractivity contribution in [1.29, 1.82) is 0 Å². The SMILES string of the molecule is CC/C=C/C(=O)N1CCC(C)(N)CC1.Cl. The van der Waals surface area contributed by atoms with Gasteiger partial charge in [0.05, 0.1) is 0 Å². The lowest BCUT2D eigenvalue weighted by Gasteiger charge is -2.36. The molecule has 2 N–H and O–H groups in total. The van der Waals surface area contributed by atoms with Gasteiger partial charge in [-0.3, -0.25) is 4.79 Å². The third-order valence-corrected chi connectivity index (χ3v) is 2.71. The van der Waals surface area contributed by atoms with Gasteiger partial charge in [-0.15, -0.1) is 12.4 Å². The fourth-order valence-electron chi connectivity index (χ4n) is 1.56. The zero-order valence-electron chi connectivity index (χ0n) is 9.53. The van der Waals surface area contributed by atoms with E-state index >= 15 is 0 Å². The molecule has 1 amide bonds. The van der Waals surface area contributed by atoms with Crippen LogP contribution < -0.4 is 5.73 Å². The van der Waals surface area contributed by atoms with Gasteiger partial charge in [0, 0.05) is 18.6 Å². The van der Waals surface area contributed by atoms with E-state index in [2.05, 4.69) is 6.92 Å². The zero-order chi connectivity index (χ0) is 10.6. The van der Waals surface area contributed by atoms with Crippen molar-refractivity contribution in [1.82, 2.24) is 4.90 Å². The molecule has 0 radical (unpaired) electrons. The van der Waals surface area contributed by atoms with Crippen molar-refractivity contribution in [2.75, 3.05) is 13.1 Å². The molecule has 1 aliphatic rings. The topological polar surface area (TPSA) is 46.3 Å². The molecule has 0 aromatic rings. The van der Waals surface area contributed by atoms with Crippen LogP contribution in [0, 0.1) is 0 Å². The zero-order valence-corrected chi connectivity index (χ0v) is 10.3. The molecule has 0 aromatic heterocycles. The van der Waals surface area contributed by atoms with E-state index in [9.17, 15) is 4.79 Å². The summed E-state index contributed by atoms with van der Waals surface area (Å²) in [7, 11) is 0. The quantitative estimate of drug-likeness (QED) is 0.737. The molecule has 0 unspecified atom stereocenters. The van der Waals surface area contributed by atoms with Crippen LogP contribution in [-0.2, 0) is 4.79 Å². The van der Waals surface area contributed by atoms with Gasteiger partial charge in [0.25, 0.3) is 0 Å². The molecule has 3 nitrogen and oxygen atoms in total.